The molecule has 0 aliphatic carbocycles. The maximum Gasteiger partial charge on any atom is 0.117 e. The van der Waals surface area contributed by atoms with E-state index in [0.717, 1.165) is 0 Å². The summed E-state index contributed by atoms with van der Waals surface area (Å²) >= 11 is 0. The molecule has 0 aromatic rings. The summed E-state index contributed by atoms with van der Waals surface area (Å²) in [6.45, 7) is 0.334. The molecule has 54 valence electrons. The van der Waals surface area contributed by atoms with Crippen molar-refractivity contribution < 1.29 is 8.78 Å². The van der Waals surface area contributed by atoms with Gasteiger partial charge < -0.3 is 0 Å². The molecule has 1 fully saturated rings. The summed E-state index contributed by atoms with van der Waals surface area (Å²) in [5.41, 5.74) is 0. The highest BCUT2D eigenvalue weighted by molar-refractivity contribution is 4.75. The molecule has 2 N–H and O–H groups in total. The summed E-state index contributed by atoms with van der Waals surface area (Å²) in [4.78, 5) is 0. The van der Waals surface area contributed by atoms with Gasteiger partial charge in [0.25, 0.3) is 0 Å². The summed E-state index contributed by atoms with van der Waals surface area (Å²) in [6, 6.07) is 0. The third kappa shape index (κ3) is 1.87. The topological polar surface area (TPSA) is 29.3 Å². The van der Waals surface area contributed by atoms with E-state index in [2.05, 4.69) is 0 Å². The zero-order valence-corrected chi connectivity index (χ0v) is 5.06. The molecule has 1 aliphatic heterocycles. The molecule has 0 saturated carbocycles. The second kappa shape index (κ2) is 2.58. The van der Waals surface area contributed by atoms with Gasteiger partial charge in [-0.15, -0.1) is 0 Å². The van der Waals surface area contributed by atoms with E-state index >= 15 is 0 Å². The van der Waals surface area contributed by atoms with Crippen LogP contribution in [-0.4, -0.2) is 30.4 Å². The van der Waals surface area contributed by atoms with Crippen LogP contribution in [0.3, 0.4) is 0 Å². The number of alkyl halides is 2. The SMILES string of the molecule is NN1C[C@H](F)C[C@@H](F)C1. The number of hydrogen-bond donors (Lipinski definition) is 1. The van der Waals surface area contributed by atoms with Crippen LogP contribution in [0.4, 0.5) is 8.78 Å². The Hall–Kier alpha value is -0.220. The molecule has 0 amide bonds. The van der Waals surface area contributed by atoms with Crippen molar-refractivity contribution in [2.45, 2.75) is 18.8 Å². The van der Waals surface area contributed by atoms with Gasteiger partial charge in [0.1, 0.15) is 12.3 Å². The third-order valence-electron chi connectivity index (χ3n) is 1.38. The van der Waals surface area contributed by atoms with Crippen molar-refractivity contribution in [2.24, 2.45) is 5.84 Å². The maximum absolute atomic E-state index is 12.3. The minimum Gasteiger partial charge on any atom is -0.269 e. The predicted octanol–water partition coefficient (Wildman–Crippen LogP) is 0.242. The van der Waals surface area contributed by atoms with E-state index < -0.39 is 12.3 Å². The lowest BCUT2D eigenvalue weighted by molar-refractivity contribution is 0.0747. The van der Waals surface area contributed by atoms with Crippen molar-refractivity contribution in [2.75, 3.05) is 13.1 Å². The Balaban J connectivity index is 2.34. The van der Waals surface area contributed by atoms with Crippen molar-refractivity contribution in [1.29, 1.82) is 0 Å². The summed E-state index contributed by atoms with van der Waals surface area (Å²) in [6.07, 6.45) is -2.16. The second-order valence-corrected chi connectivity index (χ2v) is 2.38. The first-order valence-electron chi connectivity index (χ1n) is 2.96. The molecule has 2 nitrogen and oxygen atoms in total. The van der Waals surface area contributed by atoms with E-state index in [1.54, 1.807) is 0 Å². The number of piperidine rings is 1. The van der Waals surface area contributed by atoms with Crippen LogP contribution < -0.4 is 5.84 Å². The Bertz CT molecular complexity index is 73.9. The van der Waals surface area contributed by atoms with Gasteiger partial charge in [-0.2, -0.15) is 0 Å². The Morgan fingerprint density at radius 3 is 2.00 bits per heavy atom. The van der Waals surface area contributed by atoms with Crippen LogP contribution in [0.15, 0.2) is 0 Å². The van der Waals surface area contributed by atoms with E-state index in [4.69, 9.17) is 5.84 Å². The van der Waals surface area contributed by atoms with E-state index in [9.17, 15) is 8.78 Å². The van der Waals surface area contributed by atoms with Crippen LogP contribution in [0, 0.1) is 0 Å². The van der Waals surface area contributed by atoms with Gasteiger partial charge in [0.05, 0.1) is 0 Å². The molecule has 1 rings (SSSR count). The predicted molar refractivity (Wildman–Crippen MR) is 30.2 cm³/mol. The van der Waals surface area contributed by atoms with E-state index in [1.165, 1.54) is 5.01 Å². The fraction of sp³-hybridized carbons (Fsp3) is 1.00. The molecule has 1 aliphatic rings. The zero-order chi connectivity index (χ0) is 6.85. The standard InChI is InChI=1S/C5H10F2N2/c6-4-1-5(7)3-9(8)2-4/h4-5H,1-3,8H2/t4-,5-/m1/s1. The first-order valence-corrected chi connectivity index (χ1v) is 2.96. The molecule has 0 aromatic carbocycles. The molecule has 2 atom stereocenters. The molecular weight excluding hydrogens is 126 g/mol. The smallest absolute Gasteiger partial charge is 0.117 e. The molecule has 0 radical (unpaired) electrons. The van der Waals surface area contributed by atoms with Crippen molar-refractivity contribution in [3.63, 3.8) is 0 Å². The first kappa shape index (κ1) is 6.89. The van der Waals surface area contributed by atoms with Crippen LogP contribution >= 0.6 is 0 Å². The Kier molecular flexibility index (Phi) is 1.97. The summed E-state index contributed by atoms with van der Waals surface area (Å²) in [5, 5.41) is 1.18. The van der Waals surface area contributed by atoms with Crippen molar-refractivity contribution in [1.82, 2.24) is 5.01 Å². The van der Waals surface area contributed by atoms with Crippen LogP contribution in [0.5, 0.6) is 0 Å². The van der Waals surface area contributed by atoms with Crippen molar-refractivity contribution >= 4 is 0 Å². The van der Waals surface area contributed by atoms with Gasteiger partial charge >= 0.3 is 0 Å². The quantitative estimate of drug-likeness (QED) is 0.483. The normalized spacial score (nSPS) is 39.0. The lowest BCUT2D eigenvalue weighted by Crippen LogP contribution is -2.46. The van der Waals surface area contributed by atoms with Gasteiger partial charge in [0.2, 0.25) is 0 Å². The Morgan fingerprint density at radius 1 is 1.22 bits per heavy atom. The van der Waals surface area contributed by atoms with Crippen LogP contribution in [0.25, 0.3) is 0 Å². The fourth-order valence-electron chi connectivity index (χ4n) is 1.01. The van der Waals surface area contributed by atoms with Crippen LogP contribution in [-0.2, 0) is 0 Å². The first-order chi connectivity index (χ1) is 4.18. The van der Waals surface area contributed by atoms with Gasteiger partial charge in [0, 0.05) is 19.5 Å². The number of hydrogen-bond acceptors (Lipinski definition) is 2. The van der Waals surface area contributed by atoms with E-state index in [0.29, 0.717) is 0 Å². The largest absolute Gasteiger partial charge is 0.269 e. The molecule has 0 spiro atoms. The number of rotatable bonds is 0. The zero-order valence-electron chi connectivity index (χ0n) is 5.06. The van der Waals surface area contributed by atoms with E-state index in [1.807, 2.05) is 0 Å². The summed E-state index contributed by atoms with van der Waals surface area (Å²) < 4.78 is 24.6. The molecule has 1 saturated heterocycles. The fourth-order valence-corrected chi connectivity index (χ4v) is 1.01. The minimum atomic E-state index is -1.08. The molecule has 0 aromatic heterocycles. The van der Waals surface area contributed by atoms with Gasteiger partial charge in [-0.25, -0.2) is 13.8 Å². The molecule has 0 unspecified atom stereocenters. The van der Waals surface area contributed by atoms with Crippen LogP contribution in [0.1, 0.15) is 6.42 Å². The number of nitrogens with two attached hydrogens (primary N) is 1. The highest BCUT2D eigenvalue weighted by atomic mass is 19.1. The van der Waals surface area contributed by atoms with Crippen LogP contribution in [0.2, 0.25) is 0 Å². The van der Waals surface area contributed by atoms with Gasteiger partial charge in [-0.3, -0.25) is 5.84 Å². The molecule has 4 heteroatoms. The number of hydrazine groups is 1. The highest BCUT2D eigenvalue weighted by Crippen LogP contribution is 2.12. The summed E-state index contributed by atoms with van der Waals surface area (Å²) in [5.74, 6) is 5.17. The number of halogens is 2. The van der Waals surface area contributed by atoms with E-state index in [-0.39, 0.29) is 19.5 Å². The summed E-state index contributed by atoms with van der Waals surface area (Å²) in [7, 11) is 0. The molecular formula is C5H10F2N2. The highest BCUT2D eigenvalue weighted by Gasteiger charge is 2.24. The average molecular weight is 136 g/mol. The lowest BCUT2D eigenvalue weighted by atomic mass is 10.1. The maximum atomic E-state index is 12.3. The average Bonchev–Trinajstić information content (AvgIpc) is 1.59. The van der Waals surface area contributed by atoms with Crippen molar-refractivity contribution in [3.8, 4) is 0 Å². The third-order valence-corrected chi connectivity index (χ3v) is 1.38. The minimum absolute atomic E-state index is 0.00764. The Labute approximate surface area is 52.6 Å². The lowest BCUT2D eigenvalue weighted by Gasteiger charge is -2.26. The van der Waals surface area contributed by atoms with Gasteiger partial charge in [0.15, 0.2) is 0 Å². The molecule has 0 bridgehead atoms. The van der Waals surface area contributed by atoms with Gasteiger partial charge in [-0.1, -0.05) is 0 Å². The molecule has 1 heterocycles. The second-order valence-electron chi connectivity index (χ2n) is 2.38. The monoisotopic (exact) mass is 136 g/mol. The Morgan fingerprint density at radius 2 is 1.67 bits per heavy atom. The van der Waals surface area contributed by atoms with Gasteiger partial charge in [-0.05, 0) is 0 Å². The van der Waals surface area contributed by atoms with Crippen molar-refractivity contribution in [3.05, 3.63) is 0 Å². The number of nitrogens with zero attached hydrogens (tertiary/aromatic N) is 1. The molecule has 9 heavy (non-hydrogen) atoms.